The molecule has 0 saturated heterocycles. The number of anilines is 1. The first-order valence-corrected chi connectivity index (χ1v) is 6.18. The Morgan fingerprint density at radius 2 is 1.90 bits per heavy atom. The van der Waals surface area contributed by atoms with Crippen LogP contribution in [0.4, 0.5) is 5.95 Å². The van der Waals surface area contributed by atoms with Crippen molar-refractivity contribution in [3.63, 3.8) is 0 Å². The predicted octanol–water partition coefficient (Wildman–Crippen LogP) is 1.92. The van der Waals surface area contributed by atoms with Gasteiger partial charge >= 0.3 is 0 Å². The summed E-state index contributed by atoms with van der Waals surface area (Å²) in [5.41, 5.74) is 5.51. The summed E-state index contributed by atoms with van der Waals surface area (Å²) in [5.74, 6) is 6.41. The Balaban J connectivity index is 2.02. The third kappa shape index (κ3) is 2.24. The van der Waals surface area contributed by atoms with E-state index in [1.54, 1.807) is 10.9 Å². The van der Waals surface area contributed by atoms with Crippen molar-refractivity contribution in [1.82, 2.24) is 19.7 Å². The van der Waals surface area contributed by atoms with E-state index in [4.69, 9.17) is 5.84 Å². The predicted molar refractivity (Wildman–Crippen MR) is 77.1 cm³/mol. The first-order chi connectivity index (χ1) is 9.78. The van der Waals surface area contributed by atoms with Crippen LogP contribution >= 0.6 is 0 Å². The fraction of sp³-hybridized carbons (Fsp3) is 0.0714. The lowest BCUT2D eigenvalue weighted by Crippen LogP contribution is -2.12. The fourth-order valence-electron chi connectivity index (χ4n) is 1.95. The minimum atomic E-state index is 0.363. The standard InChI is InChI=1S/C14H14N6/c1-10-7-16-14(19-15)18-13(10)20-9-12(8-17-20)11-5-3-2-4-6-11/h2-9H,15H2,1H3,(H,16,18,19). The largest absolute Gasteiger partial charge is 0.292 e. The van der Waals surface area contributed by atoms with Gasteiger partial charge in [-0.05, 0) is 12.5 Å². The fourth-order valence-corrected chi connectivity index (χ4v) is 1.95. The molecule has 6 nitrogen and oxygen atoms in total. The molecule has 3 aromatic rings. The quantitative estimate of drug-likeness (QED) is 0.559. The van der Waals surface area contributed by atoms with E-state index in [1.165, 1.54) is 0 Å². The van der Waals surface area contributed by atoms with Crippen molar-refractivity contribution in [2.75, 3.05) is 5.43 Å². The molecule has 3 N–H and O–H groups in total. The zero-order chi connectivity index (χ0) is 13.9. The zero-order valence-corrected chi connectivity index (χ0v) is 11.0. The molecular formula is C14H14N6. The normalized spacial score (nSPS) is 10.5. The topological polar surface area (TPSA) is 81.6 Å². The summed E-state index contributed by atoms with van der Waals surface area (Å²) in [6.07, 6.45) is 5.46. The Bertz CT molecular complexity index is 720. The molecule has 6 heteroatoms. The van der Waals surface area contributed by atoms with Gasteiger partial charge in [0, 0.05) is 23.5 Å². The maximum absolute atomic E-state index is 5.34. The molecule has 0 aliphatic rings. The molecule has 0 saturated carbocycles. The van der Waals surface area contributed by atoms with E-state index in [-0.39, 0.29) is 0 Å². The van der Waals surface area contributed by atoms with Gasteiger partial charge in [0.1, 0.15) is 0 Å². The van der Waals surface area contributed by atoms with Crippen LogP contribution in [0.1, 0.15) is 5.56 Å². The van der Waals surface area contributed by atoms with Gasteiger partial charge in [0.05, 0.1) is 6.20 Å². The van der Waals surface area contributed by atoms with Gasteiger partial charge in [-0.25, -0.2) is 15.5 Å². The highest BCUT2D eigenvalue weighted by Crippen LogP contribution is 2.20. The Morgan fingerprint density at radius 1 is 1.10 bits per heavy atom. The second-order valence-electron chi connectivity index (χ2n) is 4.38. The molecule has 0 atom stereocenters. The van der Waals surface area contributed by atoms with Crippen LogP contribution < -0.4 is 11.3 Å². The van der Waals surface area contributed by atoms with Crippen molar-refractivity contribution in [3.05, 3.63) is 54.5 Å². The Labute approximate surface area is 116 Å². The maximum Gasteiger partial charge on any atom is 0.239 e. The molecule has 0 bridgehead atoms. The van der Waals surface area contributed by atoms with Gasteiger partial charge in [-0.15, -0.1) is 0 Å². The molecular weight excluding hydrogens is 252 g/mol. The molecule has 20 heavy (non-hydrogen) atoms. The SMILES string of the molecule is Cc1cnc(NN)nc1-n1cc(-c2ccccc2)cn1. The second-order valence-corrected chi connectivity index (χ2v) is 4.38. The van der Waals surface area contributed by atoms with Gasteiger partial charge in [-0.2, -0.15) is 10.1 Å². The van der Waals surface area contributed by atoms with Crippen molar-refractivity contribution in [2.24, 2.45) is 5.84 Å². The van der Waals surface area contributed by atoms with E-state index in [9.17, 15) is 0 Å². The zero-order valence-electron chi connectivity index (χ0n) is 11.0. The summed E-state index contributed by atoms with van der Waals surface area (Å²) < 4.78 is 1.72. The summed E-state index contributed by atoms with van der Waals surface area (Å²) in [6.45, 7) is 1.93. The minimum absolute atomic E-state index is 0.363. The molecule has 2 aromatic heterocycles. The number of nitrogens with two attached hydrogens (primary N) is 1. The molecule has 0 spiro atoms. The van der Waals surface area contributed by atoms with Gasteiger partial charge in [0.15, 0.2) is 5.82 Å². The molecule has 0 fully saturated rings. The molecule has 0 radical (unpaired) electrons. The van der Waals surface area contributed by atoms with Crippen LogP contribution in [0.15, 0.2) is 48.9 Å². The van der Waals surface area contributed by atoms with Crippen LogP contribution in [-0.2, 0) is 0 Å². The average molecular weight is 266 g/mol. The van der Waals surface area contributed by atoms with Gasteiger partial charge in [-0.3, -0.25) is 5.43 Å². The van der Waals surface area contributed by atoms with Crippen LogP contribution in [0.25, 0.3) is 16.9 Å². The lowest BCUT2D eigenvalue weighted by Gasteiger charge is -2.06. The molecule has 0 amide bonds. The number of hydrogen-bond donors (Lipinski definition) is 2. The van der Waals surface area contributed by atoms with E-state index in [1.807, 2.05) is 49.6 Å². The summed E-state index contributed by atoms with van der Waals surface area (Å²) in [5, 5.41) is 4.36. The van der Waals surface area contributed by atoms with E-state index in [0.717, 1.165) is 16.7 Å². The van der Waals surface area contributed by atoms with Crippen molar-refractivity contribution in [2.45, 2.75) is 6.92 Å². The van der Waals surface area contributed by atoms with Gasteiger partial charge in [-0.1, -0.05) is 30.3 Å². The van der Waals surface area contributed by atoms with Crippen molar-refractivity contribution < 1.29 is 0 Å². The van der Waals surface area contributed by atoms with Gasteiger partial charge in [0.25, 0.3) is 0 Å². The third-order valence-electron chi connectivity index (χ3n) is 2.98. The Kier molecular flexibility index (Phi) is 3.14. The lowest BCUT2D eigenvalue weighted by molar-refractivity contribution is 0.830. The van der Waals surface area contributed by atoms with E-state index >= 15 is 0 Å². The number of aromatic nitrogens is 4. The molecule has 0 aliphatic heterocycles. The summed E-state index contributed by atoms with van der Waals surface area (Å²) >= 11 is 0. The summed E-state index contributed by atoms with van der Waals surface area (Å²) in [6, 6.07) is 10.1. The minimum Gasteiger partial charge on any atom is -0.292 e. The molecule has 1 aromatic carbocycles. The number of benzene rings is 1. The number of rotatable bonds is 3. The van der Waals surface area contributed by atoms with Crippen LogP contribution in [0, 0.1) is 6.92 Å². The Hall–Kier alpha value is -2.73. The van der Waals surface area contributed by atoms with Crippen LogP contribution in [0.5, 0.6) is 0 Å². The number of nitrogens with one attached hydrogen (secondary N) is 1. The number of aryl methyl sites for hydroxylation is 1. The van der Waals surface area contributed by atoms with Crippen molar-refractivity contribution >= 4 is 5.95 Å². The van der Waals surface area contributed by atoms with Gasteiger partial charge in [0.2, 0.25) is 5.95 Å². The van der Waals surface area contributed by atoms with Crippen LogP contribution in [0.3, 0.4) is 0 Å². The van der Waals surface area contributed by atoms with Crippen LogP contribution in [0.2, 0.25) is 0 Å². The van der Waals surface area contributed by atoms with E-state index in [0.29, 0.717) is 11.8 Å². The molecule has 2 heterocycles. The smallest absolute Gasteiger partial charge is 0.239 e. The number of nitrogen functional groups attached to an aromatic ring is 1. The highest BCUT2D eigenvalue weighted by atomic mass is 15.3. The molecule has 0 unspecified atom stereocenters. The van der Waals surface area contributed by atoms with Gasteiger partial charge < -0.3 is 0 Å². The highest BCUT2D eigenvalue weighted by molar-refractivity contribution is 5.62. The third-order valence-corrected chi connectivity index (χ3v) is 2.98. The monoisotopic (exact) mass is 266 g/mol. The summed E-state index contributed by atoms with van der Waals surface area (Å²) in [4.78, 5) is 8.38. The van der Waals surface area contributed by atoms with E-state index in [2.05, 4.69) is 20.5 Å². The molecule has 0 aliphatic carbocycles. The van der Waals surface area contributed by atoms with Crippen molar-refractivity contribution in [3.8, 4) is 16.9 Å². The summed E-state index contributed by atoms with van der Waals surface area (Å²) in [7, 11) is 0. The number of nitrogens with zero attached hydrogens (tertiary/aromatic N) is 4. The Morgan fingerprint density at radius 3 is 2.65 bits per heavy atom. The lowest BCUT2D eigenvalue weighted by atomic mass is 10.1. The molecule has 100 valence electrons. The van der Waals surface area contributed by atoms with Crippen LogP contribution in [-0.4, -0.2) is 19.7 Å². The number of hydrazine groups is 1. The van der Waals surface area contributed by atoms with E-state index < -0.39 is 0 Å². The number of hydrogen-bond acceptors (Lipinski definition) is 5. The average Bonchev–Trinajstić information content (AvgIpc) is 2.98. The second kappa shape index (κ2) is 5.10. The maximum atomic E-state index is 5.34. The first kappa shape index (κ1) is 12.3. The highest BCUT2D eigenvalue weighted by Gasteiger charge is 2.08. The first-order valence-electron chi connectivity index (χ1n) is 6.18. The van der Waals surface area contributed by atoms with Crippen molar-refractivity contribution in [1.29, 1.82) is 0 Å². The molecule has 3 rings (SSSR count).